The van der Waals surface area contributed by atoms with Crippen LogP contribution in [0.2, 0.25) is 0 Å². The Labute approximate surface area is 159 Å². The minimum atomic E-state index is -3.27. The van der Waals surface area contributed by atoms with Crippen LogP contribution in [0, 0.1) is 0 Å². The molecular weight excluding hydrogens is 358 g/mol. The van der Waals surface area contributed by atoms with E-state index in [0.717, 1.165) is 22.9 Å². The van der Waals surface area contributed by atoms with Gasteiger partial charge in [0.2, 0.25) is 0 Å². The van der Waals surface area contributed by atoms with Crippen molar-refractivity contribution in [1.29, 1.82) is 0 Å². The third-order valence-electron chi connectivity index (χ3n) is 4.41. The maximum absolute atomic E-state index is 12.4. The number of hydrogen-bond acceptors (Lipinski definition) is 3. The number of benzene rings is 3. The van der Waals surface area contributed by atoms with Gasteiger partial charge in [0, 0.05) is 11.8 Å². The van der Waals surface area contributed by atoms with Gasteiger partial charge in [0.05, 0.1) is 10.9 Å². The van der Waals surface area contributed by atoms with Gasteiger partial charge in [-0.05, 0) is 47.9 Å². The lowest BCUT2D eigenvalue weighted by molar-refractivity contribution is 0.0940. The molecule has 0 bridgehead atoms. The molecule has 1 N–H and O–H groups in total. The van der Waals surface area contributed by atoms with E-state index in [1.54, 1.807) is 0 Å². The highest BCUT2D eigenvalue weighted by molar-refractivity contribution is 7.90. The fraction of sp³-hybridized carbons (Fsp3) is 0.136. The molecule has 1 unspecified atom stereocenters. The average Bonchev–Trinajstić information content (AvgIpc) is 2.68. The number of sulfone groups is 1. The van der Waals surface area contributed by atoms with Gasteiger partial charge < -0.3 is 5.32 Å². The SMILES string of the molecule is CC(NC(=O)c1ccc(S(C)(=O)=O)cc1)c1ccc(-c2ccccc2)cc1. The molecule has 138 valence electrons. The largest absolute Gasteiger partial charge is 0.346 e. The summed E-state index contributed by atoms with van der Waals surface area (Å²) < 4.78 is 23.0. The van der Waals surface area contributed by atoms with E-state index in [2.05, 4.69) is 17.4 Å². The van der Waals surface area contributed by atoms with E-state index in [4.69, 9.17) is 0 Å². The van der Waals surface area contributed by atoms with Crippen LogP contribution < -0.4 is 5.32 Å². The summed E-state index contributed by atoms with van der Waals surface area (Å²) in [6, 6.07) is 23.9. The molecule has 27 heavy (non-hydrogen) atoms. The van der Waals surface area contributed by atoms with Crippen molar-refractivity contribution in [2.24, 2.45) is 0 Å². The minimum Gasteiger partial charge on any atom is -0.346 e. The van der Waals surface area contributed by atoms with Crippen LogP contribution in [-0.2, 0) is 9.84 Å². The molecular formula is C22H21NO3S. The molecule has 1 atom stereocenters. The Morgan fingerprint density at radius 2 is 1.37 bits per heavy atom. The summed E-state index contributed by atoms with van der Waals surface area (Å²) in [5.74, 6) is -0.241. The third kappa shape index (κ3) is 4.63. The van der Waals surface area contributed by atoms with E-state index in [9.17, 15) is 13.2 Å². The monoisotopic (exact) mass is 379 g/mol. The standard InChI is InChI=1S/C22H21NO3S/c1-16(17-8-10-19(11-9-17)18-6-4-3-5-7-18)23-22(24)20-12-14-21(15-13-20)27(2,25)26/h3-16H,1-2H3,(H,23,24). The highest BCUT2D eigenvalue weighted by Crippen LogP contribution is 2.22. The number of hydrogen-bond donors (Lipinski definition) is 1. The molecule has 3 aromatic carbocycles. The second-order valence-electron chi connectivity index (χ2n) is 6.48. The zero-order valence-corrected chi connectivity index (χ0v) is 16.0. The molecule has 3 rings (SSSR count). The fourth-order valence-corrected chi connectivity index (χ4v) is 3.44. The maximum atomic E-state index is 12.4. The van der Waals surface area contributed by atoms with Gasteiger partial charge in [-0.3, -0.25) is 4.79 Å². The number of rotatable bonds is 5. The second kappa shape index (κ2) is 7.76. The Morgan fingerprint density at radius 1 is 0.815 bits per heavy atom. The maximum Gasteiger partial charge on any atom is 0.251 e. The van der Waals surface area contributed by atoms with Crippen molar-refractivity contribution in [2.45, 2.75) is 17.9 Å². The summed E-state index contributed by atoms with van der Waals surface area (Å²) in [5.41, 5.74) is 3.69. The predicted molar refractivity (Wildman–Crippen MR) is 107 cm³/mol. The number of amides is 1. The summed E-state index contributed by atoms with van der Waals surface area (Å²) in [5, 5.41) is 2.94. The van der Waals surface area contributed by atoms with Crippen LogP contribution in [0.1, 0.15) is 28.9 Å². The first-order valence-corrected chi connectivity index (χ1v) is 10.5. The summed E-state index contributed by atoms with van der Waals surface area (Å²) in [6.07, 6.45) is 1.14. The molecule has 0 aliphatic carbocycles. The van der Waals surface area contributed by atoms with Crippen LogP contribution >= 0.6 is 0 Å². The van der Waals surface area contributed by atoms with E-state index in [0.29, 0.717) is 5.56 Å². The Bertz CT molecular complexity index is 1030. The van der Waals surface area contributed by atoms with Crippen molar-refractivity contribution in [2.75, 3.05) is 6.26 Å². The molecule has 5 heteroatoms. The third-order valence-corrected chi connectivity index (χ3v) is 5.54. The van der Waals surface area contributed by atoms with E-state index in [1.807, 2.05) is 49.4 Å². The lowest BCUT2D eigenvalue weighted by atomic mass is 10.0. The fourth-order valence-electron chi connectivity index (χ4n) is 2.81. The molecule has 0 spiro atoms. The van der Waals surface area contributed by atoms with Crippen LogP contribution in [0.5, 0.6) is 0 Å². The molecule has 0 aromatic heterocycles. The molecule has 0 aliphatic heterocycles. The van der Waals surface area contributed by atoms with Gasteiger partial charge in [-0.1, -0.05) is 54.6 Å². The Hall–Kier alpha value is -2.92. The first-order chi connectivity index (χ1) is 12.8. The molecule has 0 heterocycles. The molecule has 0 fully saturated rings. The quantitative estimate of drug-likeness (QED) is 0.721. The van der Waals surface area contributed by atoms with Crippen molar-refractivity contribution >= 4 is 15.7 Å². The van der Waals surface area contributed by atoms with Crippen molar-refractivity contribution in [3.8, 4) is 11.1 Å². The second-order valence-corrected chi connectivity index (χ2v) is 8.50. The average molecular weight is 379 g/mol. The van der Waals surface area contributed by atoms with Crippen LogP contribution in [0.15, 0.2) is 83.8 Å². The van der Waals surface area contributed by atoms with Gasteiger partial charge in [0.25, 0.3) is 5.91 Å². The van der Waals surface area contributed by atoms with E-state index in [-0.39, 0.29) is 16.8 Å². The number of nitrogens with one attached hydrogen (secondary N) is 1. The summed E-state index contributed by atoms with van der Waals surface area (Å²) in [6.45, 7) is 1.92. The smallest absolute Gasteiger partial charge is 0.251 e. The van der Waals surface area contributed by atoms with Crippen LogP contribution in [0.4, 0.5) is 0 Å². The van der Waals surface area contributed by atoms with Crippen molar-refractivity contribution < 1.29 is 13.2 Å². The van der Waals surface area contributed by atoms with Crippen molar-refractivity contribution in [1.82, 2.24) is 5.32 Å². The van der Waals surface area contributed by atoms with Gasteiger partial charge in [-0.2, -0.15) is 0 Å². The normalized spacial score (nSPS) is 12.4. The van der Waals surface area contributed by atoms with Crippen LogP contribution in [-0.4, -0.2) is 20.6 Å². The van der Waals surface area contributed by atoms with E-state index in [1.165, 1.54) is 24.3 Å². The Kier molecular flexibility index (Phi) is 5.42. The van der Waals surface area contributed by atoms with Gasteiger partial charge in [-0.25, -0.2) is 8.42 Å². The molecule has 0 saturated carbocycles. The topological polar surface area (TPSA) is 63.2 Å². The van der Waals surface area contributed by atoms with Gasteiger partial charge in [-0.15, -0.1) is 0 Å². The molecule has 0 saturated heterocycles. The first-order valence-electron chi connectivity index (χ1n) is 8.61. The molecule has 0 aliphatic rings. The van der Waals surface area contributed by atoms with Crippen LogP contribution in [0.25, 0.3) is 11.1 Å². The first kappa shape index (κ1) is 18.9. The number of carbonyl (C=O) groups is 1. The Morgan fingerprint density at radius 3 is 1.93 bits per heavy atom. The lowest BCUT2D eigenvalue weighted by Crippen LogP contribution is -2.26. The van der Waals surface area contributed by atoms with Gasteiger partial charge in [0.15, 0.2) is 9.84 Å². The highest BCUT2D eigenvalue weighted by Gasteiger charge is 2.13. The summed E-state index contributed by atoms with van der Waals surface area (Å²) in [4.78, 5) is 12.6. The molecule has 4 nitrogen and oxygen atoms in total. The minimum absolute atomic E-state index is 0.170. The predicted octanol–water partition coefficient (Wildman–Crippen LogP) is 4.25. The Balaban J connectivity index is 1.69. The van der Waals surface area contributed by atoms with Crippen molar-refractivity contribution in [3.63, 3.8) is 0 Å². The number of carbonyl (C=O) groups excluding carboxylic acids is 1. The van der Waals surface area contributed by atoms with E-state index >= 15 is 0 Å². The van der Waals surface area contributed by atoms with E-state index < -0.39 is 9.84 Å². The van der Waals surface area contributed by atoms with Gasteiger partial charge >= 0.3 is 0 Å². The molecule has 1 amide bonds. The molecule has 0 radical (unpaired) electrons. The van der Waals surface area contributed by atoms with Crippen molar-refractivity contribution in [3.05, 3.63) is 90.0 Å². The van der Waals surface area contributed by atoms with Gasteiger partial charge in [0.1, 0.15) is 0 Å². The van der Waals surface area contributed by atoms with Crippen LogP contribution in [0.3, 0.4) is 0 Å². The zero-order valence-electron chi connectivity index (χ0n) is 15.2. The molecule has 3 aromatic rings. The highest BCUT2D eigenvalue weighted by atomic mass is 32.2. The summed E-state index contributed by atoms with van der Waals surface area (Å²) in [7, 11) is -3.27. The summed E-state index contributed by atoms with van der Waals surface area (Å²) >= 11 is 0. The lowest BCUT2D eigenvalue weighted by Gasteiger charge is -2.15. The zero-order chi connectivity index (χ0) is 19.4.